The molecule has 1 aromatic carbocycles. The largest absolute Gasteiger partial charge is 0.479 e. The fourth-order valence-corrected chi connectivity index (χ4v) is 2.70. The fraction of sp³-hybridized carbons (Fsp3) is 0.143. The van der Waals surface area contributed by atoms with Crippen LogP contribution in [0.15, 0.2) is 40.1 Å². The zero-order valence-electron chi connectivity index (χ0n) is 11.8. The average Bonchev–Trinajstić information content (AvgIpc) is 3.19. The highest BCUT2D eigenvalue weighted by Crippen LogP contribution is 2.32. The monoisotopic (exact) mass is 351 g/mol. The van der Waals surface area contributed by atoms with Gasteiger partial charge < -0.3 is 9.15 Å². The van der Waals surface area contributed by atoms with E-state index in [1.165, 1.54) is 29.5 Å². The van der Waals surface area contributed by atoms with Crippen molar-refractivity contribution in [2.45, 2.75) is 13.0 Å². The third-order valence-electron chi connectivity index (χ3n) is 2.95. The standard InChI is InChI=1S/C14H10ClN3O4S/c1-8(13-16-17-14(22-13)12-3-2-6-23-12)21-11-5-4-9(18(19)20)7-10(11)15/h2-8H,1H3. The first-order chi connectivity index (χ1) is 11.0. The summed E-state index contributed by atoms with van der Waals surface area (Å²) in [5.41, 5.74) is -0.104. The molecule has 0 aliphatic rings. The molecule has 3 rings (SSSR count). The summed E-state index contributed by atoms with van der Waals surface area (Å²) in [6, 6.07) is 7.75. The molecule has 1 atom stereocenters. The van der Waals surface area contributed by atoms with Gasteiger partial charge in [-0.15, -0.1) is 21.5 Å². The van der Waals surface area contributed by atoms with Crippen LogP contribution in [-0.2, 0) is 0 Å². The number of nitro groups is 1. The Balaban J connectivity index is 1.77. The van der Waals surface area contributed by atoms with Gasteiger partial charge in [-0.05, 0) is 24.4 Å². The van der Waals surface area contributed by atoms with E-state index in [2.05, 4.69) is 10.2 Å². The van der Waals surface area contributed by atoms with E-state index in [-0.39, 0.29) is 10.7 Å². The second-order valence-electron chi connectivity index (χ2n) is 4.55. The lowest BCUT2D eigenvalue weighted by molar-refractivity contribution is -0.384. The molecule has 0 fully saturated rings. The van der Waals surface area contributed by atoms with Gasteiger partial charge in [-0.2, -0.15) is 0 Å². The molecule has 3 aromatic rings. The van der Waals surface area contributed by atoms with Gasteiger partial charge in [0.05, 0.1) is 14.8 Å². The van der Waals surface area contributed by atoms with E-state index in [0.717, 1.165) is 4.88 Å². The lowest BCUT2D eigenvalue weighted by Crippen LogP contribution is -2.04. The highest BCUT2D eigenvalue weighted by atomic mass is 35.5. The van der Waals surface area contributed by atoms with Crippen molar-refractivity contribution in [2.24, 2.45) is 0 Å². The Labute approximate surface area is 139 Å². The second-order valence-corrected chi connectivity index (χ2v) is 5.91. The van der Waals surface area contributed by atoms with Gasteiger partial charge in [0.15, 0.2) is 6.10 Å². The predicted octanol–water partition coefficient (Wildman–Crippen LogP) is 4.50. The average molecular weight is 352 g/mol. The highest BCUT2D eigenvalue weighted by molar-refractivity contribution is 7.13. The number of benzene rings is 1. The van der Waals surface area contributed by atoms with Crippen molar-refractivity contribution < 1.29 is 14.1 Å². The van der Waals surface area contributed by atoms with Crippen LogP contribution in [-0.4, -0.2) is 15.1 Å². The van der Waals surface area contributed by atoms with E-state index in [9.17, 15) is 10.1 Å². The van der Waals surface area contributed by atoms with Crippen LogP contribution >= 0.6 is 22.9 Å². The molecule has 7 nitrogen and oxygen atoms in total. The number of halogens is 1. The number of non-ortho nitro benzene ring substituents is 1. The van der Waals surface area contributed by atoms with E-state index in [1.54, 1.807) is 6.92 Å². The van der Waals surface area contributed by atoms with Gasteiger partial charge in [-0.3, -0.25) is 10.1 Å². The van der Waals surface area contributed by atoms with Crippen LogP contribution < -0.4 is 4.74 Å². The summed E-state index contributed by atoms with van der Waals surface area (Å²) < 4.78 is 11.2. The van der Waals surface area contributed by atoms with Crippen LogP contribution in [0.5, 0.6) is 5.75 Å². The van der Waals surface area contributed by atoms with Crippen LogP contribution in [0.1, 0.15) is 18.9 Å². The van der Waals surface area contributed by atoms with Gasteiger partial charge in [-0.1, -0.05) is 17.7 Å². The summed E-state index contributed by atoms with van der Waals surface area (Å²) in [4.78, 5) is 11.0. The van der Waals surface area contributed by atoms with Crippen molar-refractivity contribution in [3.05, 3.63) is 56.7 Å². The minimum atomic E-state index is -0.546. The van der Waals surface area contributed by atoms with E-state index >= 15 is 0 Å². The minimum absolute atomic E-state index is 0.104. The molecule has 118 valence electrons. The maximum absolute atomic E-state index is 10.7. The summed E-state index contributed by atoms with van der Waals surface area (Å²) in [7, 11) is 0. The van der Waals surface area contributed by atoms with Gasteiger partial charge in [0.1, 0.15) is 5.75 Å². The van der Waals surface area contributed by atoms with E-state index in [0.29, 0.717) is 17.5 Å². The summed E-state index contributed by atoms with van der Waals surface area (Å²) >= 11 is 7.49. The van der Waals surface area contributed by atoms with Crippen LogP contribution in [0, 0.1) is 10.1 Å². The van der Waals surface area contributed by atoms with E-state index < -0.39 is 11.0 Å². The number of nitrogens with zero attached hydrogens (tertiary/aromatic N) is 3. The zero-order chi connectivity index (χ0) is 16.4. The number of hydrogen-bond acceptors (Lipinski definition) is 7. The Morgan fingerprint density at radius 2 is 2.22 bits per heavy atom. The van der Waals surface area contributed by atoms with Gasteiger partial charge >= 0.3 is 0 Å². The molecule has 0 N–H and O–H groups in total. The topological polar surface area (TPSA) is 91.3 Å². The van der Waals surface area contributed by atoms with Gasteiger partial charge in [0.2, 0.25) is 0 Å². The molecule has 0 bridgehead atoms. The molecule has 0 saturated carbocycles. The molecule has 0 saturated heterocycles. The maximum Gasteiger partial charge on any atom is 0.271 e. The third kappa shape index (κ3) is 3.33. The van der Waals surface area contributed by atoms with Crippen molar-refractivity contribution in [3.8, 4) is 16.5 Å². The Kier molecular flexibility index (Phi) is 4.26. The number of aromatic nitrogens is 2. The first-order valence-electron chi connectivity index (χ1n) is 6.52. The first kappa shape index (κ1) is 15.4. The quantitative estimate of drug-likeness (QED) is 0.496. The van der Waals surface area contributed by atoms with Crippen molar-refractivity contribution in [3.63, 3.8) is 0 Å². The van der Waals surface area contributed by atoms with Gasteiger partial charge in [-0.25, -0.2) is 0 Å². The first-order valence-corrected chi connectivity index (χ1v) is 7.78. The molecule has 23 heavy (non-hydrogen) atoms. The minimum Gasteiger partial charge on any atom is -0.479 e. The number of nitro benzene ring substituents is 1. The van der Waals surface area contributed by atoms with Crippen LogP contribution in [0.3, 0.4) is 0 Å². The second kappa shape index (κ2) is 6.35. The Morgan fingerprint density at radius 1 is 1.39 bits per heavy atom. The molecule has 0 aliphatic heterocycles. The van der Waals surface area contributed by atoms with Crippen LogP contribution in [0.2, 0.25) is 5.02 Å². The van der Waals surface area contributed by atoms with Crippen molar-refractivity contribution in [2.75, 3.05) is 0 Å². The number of rotatable bonds is 5. The lowest BCUT2D eigenvalue weighted by Gasteiger charge is -2.11. The summed E-state index contributed by atoms with van der Waals surface area (Å²) in [6.45, 7) is 1.73. The molecule has 9 heteroatoms. The number of thiophene rings is 1. The van der Waals surface area contributed by atoms with Crippen LogP contribution in [0.25, 0.3) is 10.8 Å². The van der Waals surface area contributed by atoms with Crippen molar-refractivity contribution in [1.29, 1.82) is 0 Å². The normalized spacial score (nSPS) is 12.1. The van der Waals surface area contributed by atoms with Crippen molar-refractivity contribution >= 4 is 28.6 Å². The summed E-state index contributed by atoms with van der Waals surface area (Å²) in [5, 5.41) is 20.7. The molecule has 0 amide bonds. The smallest absolute Gasteiger partial charge is 0.271 e. The molecule has 2 aromatic heterocycles. The van der Waals surface area contributed by atoms with Crippen LogP contribution in [0.4, 0.5) is 5.69 Å². The Hall–Kier alpha value is -2.45. The van der Waals surface area contributed by atoms with Gasteiger partial charge in [0.25, 0.3) is 17.5 Å². The van der Waals surface area contributed by atoms with E-state index in [4.69, 9.17) is 20.8 Å². The molecule has 0 aliphatic carbocycles. The SMILES string of the molecule is CC(Oc1ccc([N+](=O)[O-])cc1Cl)c1nnc(-c2cccs2)o1. The molecular formula is C14H10ClN3O4S. The Bertz CT molecular complexity index is 834. The molecular weight excluding hydrogens is 342 g/mol. The highest BCUT2D eigenvalue weighted by Gasteiger charge is 2.19. The zero-order valence-corrected chi connectivity index (χ0v) is 13.4. The number of hydrogen-bond donors (Lipinski definition) is 0. The van der Waals surface area contributed by atoms with Gasteiger partial charge in [0, 0.05) is 12.1 Å². The molecule has 0 radical (unpaired) electrons. The summed E-state index contributed by atoms with van der Waals surface area (Å²) in [5.74, 6) is 1.02. The predicted molar refractivity (Wildman–Crippen MR) is 84.8 cm³/mol. The van der Waals surface area contributed by atoms with Crippen molar-refractivity contribution in [1.82, 2.24) is 10.2 Å². The maximum atomic E-state index is 10.7. The molecule has 2 heterocycles. The number of ether oxygens (including phenoxy) is 1. The van der Waals surface area contributed by atoms with E-state index in [1.807, 2.05) is 17.5 Å². The Morgan fingerprint density at radius 3 is 2.87 bits per heavy atom. The molecule has 0 spiro atoms. The lowest BCUT2D eigenvalue weighted by atomic mass is 10.3. The third-order valence-corrected chi connectivity index (χ3v) is 4.10. The summed E-state index contributed by atoms with van der Waals surface area (Å²) in [6.07, 6.45) is -0.546. The fourth-order valence-electron chi connectivity index (χ4n) is 1.84. The molecule has 1 unspecified atom stereocenters.